The van der Waals surface area contributed by atoms with Gasteiger partial charge in [0.1, 0.15) is 21.2 Å². The maximum Gasteiger partial charge on any atom is 0.335 e. The third-order valence-corrected chi connectivity index (χ3v) is 10.5. The van der Waals surface area contributed by atoms with Crippen LogP contribution in [0.1, 0.15) is 37.4 Å². The highest BCUT2D eigenvalue weighted by atomic mass is 32.2. The minimum Gasteiger partial charge on any atom is -0.505 e. The number of azo groups is 3. The molecule has 0 unspecified atom stereocenters. The van der Waals surface area contributed by atoms with Gasteiger partial charge in [-0.05, 0) is 140 Å². The average Bonchev–Trinajstić information content (AvgIpc) is 3.17. The molecule has 0 aliphatic rings. The van der Waals surface area contributed by atoms with Crippen LogP contribution in [0.2, 0.25) is 0 Å². The van der Waals surface area contributed by atoms with Gasteiger partial charge in [0, 0.05) is 22.3 Å². The lowest BCUT2D eigenvalue weighted by atomic mass is 10.1. The summed E-state index contributed by atoms with van der Waals surface area (Å²) in [5.74, 6) is -2.42. The van der Waals surface area contributed by atoms with Crippen LogP contribution in [-0.2, 0) is 20.2 Å². The summed E-state index contributed by atoms with van der Waals surface area (Å²) in [5.41, 5.74) is 8.88. The van der Waals surface area contributed by atoms with Gasteiger partial charge in [-0.2, -0.15) is 37.3 Å². The van der Waals surface area contributed by atoms with Gasteiger partial charge < -0.3 is 21.3 Å². The zero-order valence-electron chi connectivity index (χ0n) is 31.1. The van der Waals surface area contributed by atoms with Crippen molar-refractivity contribution in [1.82, 2.24) is 0 Å². The molecule has 6 rings (SSSR count). The molecule has 0 fully saturated rings. The summed E-state index contributed by atoms with van der Waals surface area (Å²) >= 11 is 0. The molecule has 0 radical (unpaired) electrons. The normalized spacial score (nSPS) is 12.2. The predicted octanol–water partition coefficient (Wildman–Crippen LogP) is 9.74. The first-order chi connectivity index (χ1) is 27.8. The number of nitrogens with two attached hydrogens (primary N) is 1. The number of carbonyl (C=O) groups is 2. The van der Waals surface area contributed by atoms with Gasteiger partial charge in [-0.15, -0.1) is 10.2 Å². The van der Waals surface area contributed by atoms with Gasteiger partial charge in [-0.25, -0.2) is 4.79 Å². The molecule has 0 aliphatic heterocycles. The molecule has 20 heteroatoms. The van der Waals surface area contributed by atoms with Gasteiger partial charge in [0.25, 0.3) is 26.1 Å². The summed E-state index contributed by atoms with van der Waals surface area (Å²) in [6.07, 6.45) is 0. The van der Waals surface area contributed by atoms with E-state index >= 15 is 0 Å². The Bertz CT molecular complexity index is 3020. The number of fused-ring (bicyclic) bond motifs is 1. The molecule has 0 bridgehead atoms. The Morgan fingerprint density at radius 1 is 0.593 bits per heavy atom. The number of anilines is 2. The van der Waals surface area contributed by atoms with E-state index in [4.69, 9.17) is 5.73 Å². The molecule has 300 valence electrons. The van der Waals surface area contributed by atoms with Crippen LogP contribution in [-0.4, -0.2) is 48.0 Å². The number of aromatic hydroxyl groups is 1. The van der Waals surface area contributed by atoms with Crippen LogP contribution in [0.5, 0.6) is 5.75 Å². The van der Waals surface area contributed by atoms with Crippen molar-refractivity contribution in [2.45, 2.75) is 30.6 Å². The Hall–Kier alpha value is -7.26. The number of phenolic OH excluding ortho intramolecular Hbond substituents is 1. The second-order valence-electron chi connectivity index (χ2n) is 13.0. The number of aromatic carboxylic acids is 1. The van der Waals surface area contributed by atoms with Crippen LogP contribution in [0.4, 0.5) is 45.5 Å². The van der Waals surface area contributed by atoms with E-state index in [0.29, 0.717) is 50.7 Å². The predicted molar refractivity (Wildman–Crippen MR) is 217 cm³/mol. The highest BCUT2D eigenvalue weighted by Crippen LogP contribution is 2.43. The quantitative estimate of drug-likeness (QED) is 0.0405. The summed E-state index contributed by atoms with van der Waals surface area (Å²) in [7, 11) is -9.73. The number of rotatable bonds is 11. The molecule has 0 saturated heterocycles. The average molecular weight is 837 g/mol. The number of carboxylic acids is 1. The van der Waals surface area contributed by atoms with E-state index in [1.807, 2.05) is 0 Å². The first-order valence-electron chi connectivity index (χ1n) is 17.0. The molecule has 0 heterocycles. The SMILES string of the molecule is Cc1cc(N=Nc2c(S(=O)(=O)O)cc3cc(NC(=O)c4ccc(N)cc4)ccc3c2O)c(C)cc1N=Nc1ccc(N=Nc2ccc(C(=O)O)cc2S(=O)(=O)O)c(C)c1. The van der Waals surface area contributed by atoms with Crippen molar-refractivity contribution >= 4 is 88.4 Å². The Morgan fingerprint density at radius 3 is 1.76 bits per heavy atom. The Kier molecular flexibility index (Phi) is 11.4. The summed E-state index contributed by atoms with van der Waals surface area (Å²) in [6.45, 7) is 5.12. The summed E-state index contributed by atoms with van der Waals surface area (Å²) < 4.78 is 68.3. The lowest BCUT2D eigenvalue weighted by Crippen LogP contribution is -2.11. The van der Waals surface area contributed by atoms with E-state index in [2.05, 4.69) is 36.0 Å². The summed E-state index contributed by atoms with van der Waals surface area (Å²) in [6, 6.07) is 22.8. The molecule has 7 N–H and O–H groups in total. The number of hydrogen-bond acceptors (Lipinski definition) is 14. The van der Waals surface area contributed by atoms with Crippen molar-refractivity contribution in [3.8, 4) is 5.75 Å². The highest BCUT2D eigenvalue weighted by Gasteiger charge is 2.23. The first kappa shape index (κ1) is 41.4. The molecule has 0 atom stereocenters. The molecule has 0 aromatic heterocycles. The third-order valence-electron chi connectivity index (χ3n) is 8.74. The van der Waals surface area contributed by atoms with E-state index < -0.39 is 53.3 Å². The standard InChI is InChI=1S/C39H32N8O10S2/c1-20-14-28(10-13-30(20)43-44-31-12-6-24(39(50)51)18-34(31)58(52,53)54)42-45-32-15-22(3)33(16-21(32)2)46-47-36-35(59(55,56)57)19-25-17-27(9-11-29(25)37(36)48)41-38(49)23-4-7-26(40)8-5-23/h4-19,48H,40H2,1-3H3,(H,41,49)(H,50,51)(H,52,53,54)(H,55,56,57). The minimum atomic E-state index is -4.93. The van der Waals surface area contributed by atoms with Gasteiger partial charge in [-0.1, -0.05) is 0 Å². The maximum atomic E-state index is 12.7. The molecule has 6 aromatic rings. The Morgan fingerprint density at radius 2 is 1.15 bits per heavy atom. The summed E-state index contributed by atoms with van der Waals surface area (Å²) in [4.78, 5) is 22.6. The number of carboxylic acid groups (broad SMARTS) is 1. The van der Waals surface area contributed by atoms with E-state index in [-0.39, 0.29) is 27.7 Å². The minimum absolute atomic E-state index is 0.172. The molecule has 6 aromatic carbocycles. The fraction of sp³-hybridized carbons (Fsp3) is 0.0769. The van der Waals surface area contributed by atoms with Gasteiger partial charge in [0.15, 0.2) is 5.75 Å². The first-order valence-corrected chi connectivity index (χ1v) is 19.9. The topological polar surface area (TPSA) is 296 Å². The van der Waals surface area contributed by atoms with E-state index in [0.717, 1.165) is 24.3 Å². The molecular formula is C39H32N8O10S2. The van der Waals surface area contributed by atoms with Crippen LogP contribution >= 0.6 is 0 Å². The lowest BCUT2D eigenvalue weighted by molar-refractivity contribution is 0.0696. The van der Waals surface area contributed by atoms with Crippen LogP contribution in [0.15, 0.2) is 138 Å². The van der Waals surface area contributed by atoms with Crippen LogP contribution < -0.4 is 11.1 Å². The van der Waals surface area contributed by atoms with Crippen molar-refractivity contribution < 1.29 is 45.7 Å². The third kappa shape index (κ3) is 9.48. The molecule has 18 nitrogen and oxygen atoms in total. The second-order valence-corrected chi connectivity index (χ2v) is 15.8. The number of nitrogens with zero attached hydrogens (tertiary/aromatic N) is 6. The number of amides is 1. The number of hydrogen-bond donors (Lipinski definition) is 6. The maximum absolute atomic E-state index is 12.7. The number of nitrogen functional groups attached to an aromatic ring is 1. The molecular weight excluding hydrogens is 805 g/mol. The van der Waals surface area contributed by atoms with Gasteiger partial charge >= 0.3 is 5.97 Å². The zero-order chi connectivity index (χ0) is 42.8. The number of benzene rings is 6. The number of nitrogens with one attached hydrogen (secondary N) is 1. The van der Waals surface area contributed by atoms with Crippen LogP contribution in [0, 0.1) is 20.8 Å². The Balaban J connectivity index is 1.22. The number of aryl methyl sites for hydroxylation is 3. The second kappa shape index (κ2) is 16.3. The number of carbonyl (C=O) groups excluding carboxylic acids is 1. The fourth-order valence-electron chi connectivity index (χ4n) is 5.64. The van der Waals surface area contributed by atoms with Crippen molar-refractivity contribution in [3.05, 3.63) is 125 Å². The van der Waals surface area contributed by atoms with E-state index in [1.165, 1.54) is 30.3 Å². The van der Waals surface area contributed by atoms with Crippen molar-refractivity contribution in [2.24, 2.45) is 30.7 Å². The van der Waals surface area contributed by atoms with Gasteiger partial charge in [0.05, 0.1) is 28.3 Å². The molecule has 0 aliphatic carbocycles. The van der Waals surface area contributed by atoms with Crippen LogP contribution in [0.25, 0.3) is 10.8 Å². The lowest BCUT2D eigenvalue weighted by Gasteiger charge is -2.11. The highest BCUT2D eigenvalue weighted by molar-refractivity contribution is 7.86. The van der Waals surface area contributed by atoms with E-state index in [9.17, 15) is 45.7 Å². The molecule has 0 spiro atoms. The number of phenols is 1. The monoisotopic (exact) mass is 836 g/mol. The molecule has 1 amide bonds. The Labute approximate surface area is 336 Å². The van der Waals surface area contributed by atoms with Crippen molar-refractivity contribution in [1.29, 1.82) is 0 Å². The smallest absolute Gasteiger partial charge is 0.335 e. The molecule has 0 saturated carbocycles. The van der Waals surface area contributed by atoms with Crippen molar-refractivity contribution in [2.75, 3.05) is 11.1 Å². The van der Waals surface area contributed by atoms with Gasteiger partial charge in [0.2, 0.25) is 0 Å². The zero-order valence-corrected chi connectivity index (χ0v) is 32.7. The fourth-order valence-corrected chi connectivity index (χ4v) is 6.94. The van der Waals surface area contributed by atoms with Gasteiger partial charge in [-0.3, -0.25) is 13.9 Å². The largest absolute Gasteiger partial charge is 0.505 e. The van der Waals surface area contributed by atoms with Crippen molar-refractivity contribution in [3.63, 3.8) is 0 Å². The summed E-state index contributed by atoms with van der Waals surface area (Å²) in [5, 5.41) is 48.2. The van der Waals surface area contributed by atoms with E-state index in [1.54, 1.807) is 63.2 Å². The van der Waals surface area contributed by atoms with Crippen LogP contribution in [0.3, 0.4) is 0 Å². The molecule has 59 heavy (non-hydrogen) atoms.